The van der Waals surface area contributed by atoms with E-state index in [0.717, 1.165) is 4.90 Å². The molecule has 1 atom stereocenters. The fourth-order valence-electron chi connectivity index (χ4n) is 3.61. The molecule has 2 aromatic rings. The Hall–Kier alpha value is -3.88. The zero-order valence-corrected chi connectivity index (χ0v) is 19.1. The molecule has 1 aliphatic heterocycles. The first kappa shape index (κ1) is 23.8. The van der Waals surface area contributed by atoms with E-state index in [1.807, 2.05) is 13.8 Å². The maximum Gasteiger partial charge on any atom is 0.262 e. The van der Waals surface area contributed by atoms with Crippen LogP contribution in [-0.2, 0) is 9.59 Å². The molecule has 4 amide bonds. The van der Waals surface area contributed by atoms with Crippen LogP contribution in [0.15, 0.2) is 42.5 Å². The van der Waals surface area contributed by atoms with E-state index in [0.29, 0.717) is 30.4 Å². The molecule has 1 N–H and O–H groups in total. The molecule has 0 saturated carbocycles. The minimum atomic E-state index is -1.05. The van der Waals surface area contributed by atoms with E-state index in [9.17, 15) is 19.2 Å². The highest BCUT2D eigenvalue weighted by atomic mass is 16.5. The molecule has 0 saturated heterocycles. The van der Waals surface area contributed by atoms with Crippen LogP contribution in [0.3, 0.4) is 0 Å². The van der Waals surface area contributed by atoms with E-state index in [-0.39, 0.29) is 17.7 Å². The lowest BCUT2D eigenvalue weighted by molar-refractivity contribution is -0.136. The van der Waals surface area contributed by atoms with Crippen LogP contribution >= 0.6 is 0 Å². The molecule has 0 aliphatic carbocycles. The lowest BCUT2D eigenvalue weighted by Gasteiger charge is -2.26. The predicted molar refractivity (Wildman–Crippen MR) is 121 cm³/mol. The third-order valence-corrected chi connectivity index (χ3v) is 5.15. The van der Waals surface area contributed by atoms with Crippen LogP contribution in [0.2, 0.25) is 0 Å². The monoisotopic (exact) mass is 453 g/mol. The largest absolute Gasteiger partial charge is 0.490 e. The number of carbonyl (C=O) groups is 4. The summed E-state index contributed by atoms with van der Waals surface area (Å²) >= 11 is 0. The van der Waals surface area contributed by atoms with Gasteiger partial charge in [0.25, 0.3) is 11.8 Å². The molecule has 0 bridgehead atoms. The molecule has 33 heavy (non-hydrogen) atoms. The number of anilines is 1. The minimum absolute atomic E-state index is 0.260. The van der Waals surface area contributed by atoms with Crippen molar-refractivity contribution in [2.75, 3.05) is 32.1 Å². The number of likely N-dealkylation sites (N-methyl/N-ethyl adjacent to an activating group) is 1. The number of ether oxygens (including phenoxy) is 2. The zero-order valence-electron chi connectivity index (χ0n) is 19.1. The lowest BCUT2D eigenvalue weighted by Crippen LogP contribution is -2.49. The number of rotatable bonds is 9. The fourth-order valence-corrected chi connectivity index (χ4v) is 3.61. The van der Waals surface area contributed by atoms with E-state index in [1.165, 1.54) is 18.9 Å². The Morgan fingerprint density at radius 1 is 0.970 bits per heavy atom. The molecule has 174 valence electrons. The Morgan fingerprint density at radius 2 is 1.55 bits per heavy atom. The van der Waals surface area contributed by atoms with Gasteiger partial charge >= 0.3 is 0 Å². The number of imide groups is 1. The van der Waals surface area contributed by atoms with Gasteiger partial charge in [-0.3, -0.25) is 24.1 Å². The summed E-state index contributed by atoms with van der Waals surface area (Å²) in [5, 5.41) is 2.72. The quantitative estimate of drug-likeness (QED) is 0.585. The number of nitrogens with one attached hydrogen (secondary N) is 1. The van der Waals surface area contributed by atoms with Crippen molar-refractivity contribution >= 4 is 29.3 Å². The van der Waals surface area contributed by atoms with Gasteiger partial charge in [-0.1, -0.05) is 12.1 Å². The van der Waals surface area contributed by atoms with Crippen LogP contribution in [0.4, 0.5) is 5.69 Å². The van der Waals surface area contributed by atoms with Crippen molar-refractivity contribution in [2.24, 2.45) is 0 Å². The second-order valence-electron chi connectivity index (χ2n) is 7.47. The minimum Gasteiger partial charge on any atom is -0.490 e. The Labute approximate surface area is 192 Å². The number of amides is 4. The van der Waals surface area contributed by atoms with E-state index >= 15 is 0 Å². The van der Waals surface area contributed by atoms with Gasteiger partial charge in [0.2, 0.25) is 11.8 Å². The van der Waals surface area contributed by atoms with Gasteiger partial charge in [-0.25, -0.2) is 0 Å². The molecule has 1 aliphatic rings. The summed E-state index contributed by atoms with van der Waals surface area (Å²) in [6.45, 7) is 5.83. The van der Waals surface area contributed by atoms with Gasteiger partial charge in [-0.15, -0.1) is 0 Å². The number of carbonyl (C=O) groups excluding carboxylic acids is 4. The maximum absolute atomic E-state index is 12.9. The molecule has 0 radical (unpaired) electrons. The first-order valence-corrected chi connectivity index (χ1v) is 10.7. The molecule has 0 unspecified atom stereocenters. The first-order chi connectivity index (χ1) is 15.8. The van der Waals surface area contributed by atoms with Crippen molar-refractivity contribution < 1.29 is 28.7 Å². The lowest BCUT2D eigenvalue weighted by atomic mass is 10.1. The Bertz CT molecular complexity index is 1050. The van der Waals surface area contributed by atoms with Gasteiger partial charge in [0.05, 0.1) is 30.9 Å². The molecule has 3 rings (SSSR count). The summed E-state index contributed by atoms with van der Waals surface area (Å²) in [6, 6.07) is 10.4. The van der Waals surface area contributed by atoms with E-state index in [4.69, 9.17) is 9.47 Å². The standard InChI is InChI=1S/C24H27N3O6/c1-5-32-19-12-11-16(13-20(19)33-6-2)25-21(28)14-26(4)22(29)15(3)27-23(30)17-9-7-8-10-18(17)24(27)31/h7-13,15H,5-6,14H2,1-4H3,(H,25,28)/t15-/m0/s1. The first-order valence-electron chi connectivity index (χ1n) is 10.7. The normalized spacial score (nSPS) is 13.4. The van der Waals surface area contributed by atoms with Crippen LogP contribution in [0.1, 0.15) is 41.5 Å². The van der Waals surface area contributed by atoms with Crippen molar-refractivity contribution in [3.63, 3.8) is 0 Å². The van der Waals surface area contributed by atoms with Gasteiger partial charge in [0.15, 0.2) is 11.5 Å². The molecule has 0 spiro atoms. The number of hydrogen-bond acceptors (Lipinski definition) is 6. The average Bonchev–Trinajstić information content (AvgIpc) is 3.05. The molecule has 9 heteroatoms. The number of nitrogens with zero attached hydrogens (tertiary/aromatic N) is 2. The van der Waals surface area contributed by atoms with Crippen LogP contribution in [-0.4, -0.2) is 66.3 Å². The second kappa shape index (κ2) is 10.2. The van der Waals surface area contributed by atoms with E-state index in [1.54, 1.807) is 42.5 Å². The molecular weight excluding hydrogens is 426 g/mol. The molecule has 0 aromatic heterocycles. The zero-order chi connectivity index (χ0) is 24.1. The Balaban J connectivity index is 1.64. The third-order valence-electron chi connectivity index (χ3n) is 5.15. The van der Waals surface area contributed by atoms with Gasteiger partial charge in [0.1, 0.15) is 6.04 Å². The van der Waals surface area contributed by atoms with Crippen molar-refractivity contribution in [1.82, 2.24) is 9.80 Å². The summed E-state index contributed by atoms with van der Waals surface area (Å²) in [7, 11) is 1.44. The topological polar surface area (TPSA) is 105 Å². The van der Waals surface area contributed by atoms with Crippen molar-refractivity contribution in [3.8, 4) is 11.5 Å². The second-order valence-corrected chi connectivity index (χ2v) is 7.47. The van der Waals surface area contributed by atoms with Crippen molar-refractivity contribution in [1.29, 1.82) is 0 Å². The number of benzene rings is 2. The van der Waals surface area contributed by atoms with Crippen LogP contribution < -0.4 is 14.8 Å². The predicted octanol–water partition coefficient (Wildman–Crippen LogP) is 2.57. The molecule has 0 fully saturated rings. The van der Waals surface area contributed by atoms with Gasteiger partial charge < -0.3 is 19.7 Å². The Morgan fingerprint density at radius 3 is 2.12 bits per heavy atom. The average molecular weight is 453 g/mol. The highest BCUT2D eigenvalue weighted by molar-refractivity contribution is 6.22. The Kier molecular flexibility index (Phi) is 7.32. The maximum atomic E-state index is 12.9. The van der Waals surface area contributed by atoms with Crippen LogP contribution in [0.25, 0.3) is 0 Å². The van der Waals surface area contributed by atoms with Gasteiger partial charge in [-0.05, 0) is 45.0 Å². The number of fused-ring (bicyclic) bond motifs is 1. The van der Waals surface area contributed by atoms with Crippen molar-refractivity contribution in [2.45, 2.75) is 26.8 Å². The third kappa shape index (κ3) is 4.97. The van der Waals surface area contributed by atoms with E-state index < -0.39 is 29.7 Å². The van der Waals surface area contributed by atoms with Crippen molar-refractivity contribution in [3.05, 3.63) is 53.6 Å². The van der Waals surface area contributed by atoms with Crippen LogP contribution in [0.5, 0.6) is 11.5 Å². The molecule has 9 nitrogen and oxygen atoms in total. The molecular formula is C24H27N3O6. The summed E-state index contributed by atoms with van der Waals surface area (Å²) in [4.78, 5) is 52.8. The van der Waals surface area contributed by atoms with E-state index in [2.05, 4.69) is 5.32 Å². The summed E-state index contributed by atoms with van der Waals surface area (Å²) in [5.74, 6) is -0.937. The highest BCUT2D eigenvalue weighted by Gasteiger charge is 2.41. The van der Waals surface area contributed by atoms with Crippen LogP contribution in [0, 0.1) is 0 Å². The SMILES string of the molecule is CCOc1ccc(NC(=O)CN(C)C(=O)[C@H](C)N2C(=O)c3ccccc3C2=O)cc1OCC. The summed E-state index contributed by atoms with van der Waals surface area (Å²) in [5.41, 5.74) is 1.02. The van der Waals surface area contributed by atoms with Gasteiger partial charge in [0, 0.05) is 18.8 Å². The van der Waals surface area contributed by atoms with Gasteiger partial charge in [-0.2, -0.15) is 0 Å². The molecule has 2 aromatic carbocycles. The summed E-state index contributed by atoms with van der Waals surface area (Å²) < 4.78 is 11.1. The number of hydrogen-bond donors (Lipinski definition) is 1. The molecule has 1 heterocycles. The highest BCUT2D eigenvalue weighted by Crippen LogP contribution is 2.30. The smallest absolute Gasteiger partial charge is 0.262 e. The summed E-state index contributed by atoms with van der Waals surface area (Å²) in [6.07, 6.45) is 0. The fraction of sp³-hybridized carbons (Fsp3) is 0.333.